The molecule has 2 heteroatoms. The van der Waals surface area contributed by atoms with Crippen molar-refractivity contribution in [2.75, 3.05) is 13.2 Å². The van der Waals surface area contributed by atoms with Crippen LogP contribution in [-0.4, -0.2) is 19.2 Å². The van der Waals surface area contributed by atoms with Crippen molar-refractivity contribution >= 4 is 0 Å². The molecule has 1 aliphatic rings. The van der Waals surface area contributed by atoms with Gasteiger partial charge >= 0.3 is 0 Å². The Morgan fingerprint density at radius 3 is 2.30 bits per heavy atom. The fraction of sp³-hybridized carbons (Fsp3) is 0.667. The lowest BCUT2D eigenvalue weighted by molar-refractivity contribution is -0.00132. The van der Waals surface area contributed by atoms with Gasteiger partial charge in [0.1, 0.15) is 0 Å². The van der Waals surface area contributed by atoms with Gasteiger partial charge in [0.05, 0.1) is 12.7 Å². The number of morpholine rings is 1. The second kappa shape index (κ2) is 6.28. The number of hydrogen-bond donors (Lipinski definition) is 1. The summed E-state index contributed by atoms with van der Waals surface area (Å²) in [5.74, 6) is 0.721. The molecular formula is C18H29NO. The summed E-state index contributed by atoms with van der Waals surface area (Å²) in [5, 5.41) is 3.62. The molecule has 1 fully saturated rings. The number of benzene rings is 1. The Bertz CT molecular complexity index is 408. The Balaban J connectivity index is 1.94. The van der Waals surface area contributed by atoms with E-state index < -0.39 is 0 Å². The van der Waals surface area contributed by atoms with Gasteiger partial charge in [0.15, 0.2) is 0 Å². The van der Waals surface area contributed by atoms with Crippen molar-refractivity contribution in [3.05, 3.63) is 35.4 Å². The van der Waals surface area contributed by atoms with E-state index in [1.807, 2.05) is 0 Å². The van der Waals surface area contributed by atoms with Crippen molar-refractivity contribution in [2.45, 2.75) is 58.6 Å². The maximum Gasteiger partial charge on any atom is 0.0950 e. The minimum Gasteiger partial charge on any atom is -0.371 e. The average molecular weight is 275 g/mol. The fourth-order valence-corrected chi connectivity index (χ4v) is 2.76. The first-order chi connectivity index (χ1) is 9.36. The topological polar surface area (TPSA) is 21.3 Å². The number of rotatable bonds is 3. The van der Waals surface area contributed by atoms with Crippen molar-refractivity contribution in [3.63, 3.8) is 0 Å². The summed E-state index contributed by atoms with van der Waals surface area (Å²) in [7, 11) is 0. The van der Waals surface area contributed by atoms with Crippen molar-refractivity contribution in [3.8, 4) is 0 Å². The molecule has 1 aromatic carbocycles. The molecule has 2 rings (SSSR count). The molecule has 0 radical (unpaired) electrons. The van der Waals surface area contributed by atoms with Gasteiger partial charge in [-0.2, -0.15) is 0 Å². The molecule has 1 N–H and O–H groups in total. The number of nitrogens with one attached hydrogen (secondary N) is 1. The lowest BCUT2D eigenvalue weighted by Crippen LogP contribution is -2.43. The minimum atomic E-state index is 0.201. The zero-order chi connectivity index (χ0) is 14.8. The monoisotopic (exact) mass is 275 g/mol. The Kier molecular flexibility index (Phi) is 4.87. The van der Waals surface area contributed by atoms with Gasteiger partial charge in [-0.25, -0.2) is 0 Å². The highest BCUT2D eigenvalue weighted by Crippen LogP contribution is 2.26. The first-order valence-corrected chi connectivity index (χ1v) is 7.81. The van der Waals surface area contributed by atoms with Crippen molar-refractivity contribution in [2.24, 2.45) is 5.92 Å². The normalized spacial score (nSPS) is 24.1. The van der Waals surface area contributed by atoms with Crippen LogP contribution < -0.4 is 5.32 Å². The zero-order valence-corrected chi connectivity index (χ0v) is 13.6. The molecule has 1 saturated heterocycles. The van der Waals surface area contributed by atoms with Gasteiger partial charge in [-0.1, -0.05) is 58.9 Å². The van der Waals surface area contributed by atoms with E-state index in [2.05, 4.69) is 64.2 Å². The molecule has 112 valence electrons. The third-order valence-electron chi connectivity index (χ3n) is 3.99. The van der Waals surface area contributed by atoms with E-state index in [0.717, 1.165) is 19.1 Å². The third kappa shape index (κ3) is 4.07. The molecule has 0 aromatic heterocycles. The molecule has 0 spiro atoms. The molecular weight excluding hydrogens is 246 g/mol. The Hall–Kier alpha value is -0.860. The van der Waals surface area contributed by atoms with E-state index in [1.165, 1.54) is 17.5 Å². The summed E-state index contributed by atoms with van der Waals surface area (Å²) in [5.41, 5.74) is 2.88. The van der Waals surface area contributed by atoms with Crippen LogP contribution >= 0.6 is 0 Å². The van der Waals surface area contributed by atoms with E-state index in [4.69, 9.17) is 4.74 Å². The highest BCUT2D eigenvalue weighted by Gasteiger charge is 2.23. The Labute approximate surface area is 123 Å². The SMILES string of the molecule is CC(C)CC1COC(c2ccc(C(C)(C)C)cc2)CN1. The zero-order valence-electron chi connectivity index (χ0n) is 13.6. The van der Waals surface area contributed by atoms with Crippen LogP contribution in [0.5, 0.6) is 0 Å². The van der Waals surface area contributed by atoms with Gasteiger partial charge in [0.25, 0.3) is 0 Å². The third-order valence-corrected chi connectivity index (χ3v) is 3.99. The summed E-state index contributed by atoms with van der Waals surface area (Å²) in [6.45, 7) is 13.0. The summed E-state index contributed by atoms with van der Waals surface area (Å²) in [6, 6.07) is 9.42. The maximum absolute atomic E-state index is 6.04. The molecule has 0 amide bonds. The summed E-state index contributed by atoms with van der Waals surface area (Å²) in [4.78, 5) is 0. The van der Waals surface area contributed by atoms with Crippen molar-refractivity contribution in [1.29, 1.82) is 0 Å². The molecule has 2 nitrogen and oxygen atoms in total. The van der Waals surface area contributed by atoms with E-state index in [1.54, 1.807) is 0 Å². The lowest BCUT2D eigenvalue weighted by atomic mass is 9.86. The van der Waals surface area contributed by atoms with Crippen LogP contribution in [0.2, 0.25) is 0 Å². The summed E-state index contributed by atoms with van der Waals surface area (Å²) < 4.78 is 6.04. The van der Waals surface area contributed by atoms with E-state index in [0.29, 0.717) is 6.04 Å². The quantitative estimate of drug-likeness (QED) is 0.898. The second-order valence-corrected chi connectivity index (χ2v) is 7.43. The predicted molar refractivity (Wildman–Crippen MR) is 85.1 cm³/mol. The molecule has 20 heavy (non-hydrogen) atoms. The molecule has 1 aliphatic heterocycles. The van der Waals surface area contributed by atoms with E-state index >= 15 is 0 Å². The molecule has 2 atom stereocenters. The molecule has 0 saturated carbocycles. The standard InChI is InChI=1S/C18H29NO/c1-13(2)10-16-12-20-17(11-19-16)14-6-8-15(9-7-14)18(3,4)5/h6-9,13,16-17,19H,10-12H2,1-5H3. The van der Waals surface area contributed by atoms with Crippen LogP contribution in [0, 0.1) is 5.92 Å². The minimum absolute atomic E-state index is 0.201. The molecule has 1 aromatic rings. The van der Waals surface area contributed by atoms with Gasteiger partial charge in [-0.05, 0) is 28.9 Å². The van der Waals surface area contributed by atoms with Crippen LogP contribution in [0.4, 0.5) is 0 Å². The first-order valence-electron chi connectivity index (χ1n) is 7.81. The number of ether oxygens (including phenoxy) is 1. The van der Waals surface area contributed by atoms with Gasteiger partial charge in [-0.15, -0.1) is 0 Å². The summed E-state index contributed by atoms with van der Waals surface area (Å²) >= 11 is 0. The van der Waals surface area contributed by atoms with Crippen LogP contribution in [0.25, 0.3) is 0 Å². The molecule has 1 heterocycles. The van der Waals surface area contributed by atoms with Gasteiger partial charge < -0.3 is 10.1 Å². The summed E-state index contributed by atoms with van der Waals surface area (Å²) in [6.07, 6.45) is 1.39. The smallest absolute Gasteiger partial charge is 0.0950 e. The Morgan fingerprint density at radius 1 is 1.20 bits per heavy atom. The number of hydrogen-bond acceptors (Lipinski definition) is 2. The van der Waals surface area contributed by atoms with E-state index in [9.17, 15) is 0 Å². The van der Waals surface area contributed by atoms with E-state index in [-0.39, 0.29) is 11.5 Å². The van der Waals surface area contributed by atoms with Crippen LogP contribution in [0.15, 0.2) is 24.3 Å². The average Bonchev–Trinajstić information content (AvgIpc) is 2.38. The maximum atomic E-state index is 6.04. The molecule has 2 unspecified atom stereocenters. The molecule has 0 bridgehead atoms. The first kappa shape index (κ1) is 15.5. The highest BCUT2D eigenvalue weighted by molar-refractivity contribution is 5.29. The van der Waals surface area contributed by atoms with Gasteiger partial charge in [-0.3, -0.25) is 0 Å². The van der Waals surface area contributed by atoms with Crippen LogP contribution in [-0.2, 0) is 10.2 Å². The predicted octanol–water partition coefficient (Wildman–Crippen LogP) is 4.06. The van der Waals surface area contributed by atoms with Crippen molar-refractivity contribution < 1.29 is 4.74 Å². The lowest BCUT2D eigenvalue weighted by Gasteiger charge is -2.32. The van der Waals surface area contributed by atoms with Crippen LogP contribution in [0.1, 0.15) is 58.3 Å². The van der Waals surface area contributed by atoms with Gasteiger partial charge in [0.2, 0.25) is 0 Å². The second-order valence-electron chi connectivity index (χ2n) is 7.43. The Morgan fingerprint density at radius 2 is 1.85 bits per heavy atom. The molecule has 0 aliphatic carbocycles. The highest BCUT2D eigenvalue weighted by atomic mass is 16.5. The van der Waals surface area contributed by atoms with Crippen LogP contribution in [0.3, 0.4) is 0 Å². The fourth-order valence-electron chi connectivity index (χ4n) is 2.76. The largest absolute Gasteiger partial charge is 0.371 e. The van der Waals surface area contributed by atoms with Gasteiger partial charge in [0, 0.05) is 12.6 Å². The van der Waals surface area contributed by atoms with Crippen molar-refractivity contribution in [1.82, 2.24) is 5.32 Å².